The number of nitrogens with zero attached hydrogens (tertiary/aromatic N) is 1. The van der Waals surface area contributed by atoms with Crippen LogP contribution in [0.5, 0.6) is 0 Å². The molecule has 0 aromatic rings. The van der Waals surface area contributed by atoms with E-state index in [2.05, 4.69) is 11.5 Å². The Morgan fingerprint density at radius 3 is 1.85 bits per heavy atom. The van der Waals surface area contributed by atoms with E-state index in [0.717, 1.165) is 17.8 Å². The molecule has 0 aromatic heterocycles. The maximum atomic E-state index is 8.77. The van der Waals surface area contributed by atoms with E-state index in [4.69, 9.17) is 5.26 Å². The molecule has 4 rings (SSSR count). The molecular weight excluding hydrogens is 160 g/mol. The van der Waals surface area contributed by atoms with E-state index in [1.165, 1.54) is 38.5 Å². The van der Waals surface area contributed by atoms with Crippen molar-refractivity contribution in [2.24, 2.45) is 17.8 Å². The molecule has 0 spiro atoms. The molecule has 0 saturated heterocycles. The quantitative estimate of drug-likeness (QED) is 0.490. The van der Waals surface area contributed by atoms with Gasteiger partial charge in [-0.25, -0.2) is 0 Å². The van der Waals surface area contributed by atoms with Gasteiger partial charge in [0.05, 0.1) is 0 Å². The third-order valence-corrected chi connectivity index (χ3v) is 4.36. The summed E-state index contributed by atoms with van der Waals surface area (Å²) < 4.78 is 0. The summed E-state index contributed by atoms with van der Waals surface area (Å²) in [4.78, 5) is 0. The van der Waals surface area contributed by atoms with Gasteiger partial charge in [-0.3, -0.25) is 0 Å². The van der Waals surface area contributed by atoms with Crippen LogP contribution in [-0.4, -0.2) is 5.54 Å². The first-order chi connectivity index (χ1) is 6.30. The molecule has 1 N–H and O–H groups in total. The number of hydrogen-bond donors (Lipinski definition) is 1. The maximum absolute atomic E-state index is 8.77. The van der Waals surface area contributed by atoms with Gasteiger partial charge in [-0.1, -0.05) is 0 Å². The summed E-state index contributed by atoms with van der Waals surface area (Å²) in [5, 5.41) is 11.9. The first-order valence-corrected chi connectivity index (χ1v) is 5.46. The van der Waals surface area contributed by atoms with E-state index in [0.29, 0.717) is 0 Å². The smallest absolute Gasteiger partial charge is 0.177 e. The van der Waals surface area contributed by atoms with Crippen LogP contribution in [0.25, 0.3) is 0 Å². The van der Waals surface area contributed by atoms with E-state index < -0.39 is 0 Å². The number of nitrogens with one attached hydrogen (secondary N) is 1. The van der Waals surface area contributed by atoms with Gasteiger partial charge in [0.1, 0.15) is 0 Å². The third kappa shape index (κ3) is 1.06. The second-order valence-electron chi connectivity index (χ2n) is 5.43. The highest BCUT2D eigenvalue weighted by molar-refractivity contribution is 5.08. The fourth-order valence-corrected chi connectivity index (χ4v) is 4.38. The number of rotatable bonds is 1. The zero-order valence-electron chi connectivity index (χ0n) is 7.92. The standard InChI is InChI=1S/C11H16N2/c12-7-13-11-4-8-1-9(5-11)3-10(2-8)6-11/h8-10,13H,1-6H2. The van der Waals surface area contributed by atoms with Crippen molar-refractivity contribution in [1.82, 2.24) is 5.32 Å². The van der Waals surface area contributed by atoms with Crippen molar-refractivity contribution in [3.63, 3.8) is 0 Å². The topological polar surface area (TPSA) is 35.8 Å². The first kappa shape index (κ1) is 7.67. The summed E-state index contributed by atoms with van der Waals surface area (Å²) in [6.45, 7) is 0. The molecule has 4 fully saturated rings. The predicted molar refractivity (Wildman–Crippen MR) is 49.7 cm³/mol. The summed E-state index contributed by atoms with van der Waals surface area (Å²) >= 11 is 0. The van der Waals surface area contributed by atoms with Gasteiger partial charge in [0, 0.05) is 5.54 Å². The number of nitriles is 1. The third-order valence-electron chi connectivity index (χ3n) is 4.36. The monoisotopic (exact) mass is 176 g/mol. The molecule has 0 amide bonds. The van der Waals surface area contributed by atoms with Crippen LogP contribution in [0.15, 0.2) is 0 Å². The highest BCUT2D eigenvalue weighted by atomic mass is 15.0. The van der Waals surface area contributed by atoms with Crippen LogP contribution in [0.1, 0.15) is 38.5 Å². The molecule has 4 bridgehead atoms. The zero-order valence-corrected chi connectivity index (χ0v) is 7.92. The molecule has 4 aliphatic carbocycles. The molecule has 4 aliphatic rings. The lowest BCUT2D eigenvalue weighted by Crippen LogP contribution is -2.57. The maximum Gasteiger partial charge on any atom is 0.177 e. The summed E-state index contributed by atoms with van der Waals surface area (Å²) in [5.41, 5.74) is 0.240. The van der Waals surface area contributed by atoms with Gasteiger partial charge in [0.25, 0.3) is 0 Å². The molecule has 0 aromatic carbocycles. The van der Waals surface area contributed by atoms with Crippen LogP contribution in [0, 0.1) is 29.2 Å². The minimum Gasteiger partial charge on any atom is -0.318 e. The van der Waals surface area contributed by atoms with Gasteiger partial charge >= 0.3 is 0 Å². The van der Waals surface area contributed by atoms with E-state index in [-0.39, 0.29) is 5.54 Å². The van der Waals surface area contributed by atoms with Crippen LogP contribution in [0.2, 0.25) is 0 Å². The lowest BCUT2D eigenvalue weighted by atomic mass is 9.53. The van der Waals surface area contributed by atoms with Gasteiger partial charge < -0.3 is 5.32 Å². The van der Waals surface area contributed by atoms with Gasteiger partial charge in [-0.2, -0.15) is 5.26 Å². The van der Waals surface area contributed by atoms with Crippen molar-refractivity contribution in [3.8, 4) is 6.19 Å². The minimum absolute atomic E-state index is 0.240. The van der Waals surface area contributed by atoms with E-state index in [1.54, 1.807) is 0 Å². The van der Waals surface area contributed by atoms with Crippen molar-refractivity contribution < 1.29 is 0 Å². The molecular formula is C11H16N2. The Bertz CT molecular complexity index is 228. The zero-order chi connectivity index (χ0) is 8.89. The Labute approximate surface area is 79.3 Å². The van der Waals surface area contributed by atoms with Crippen LogP contribution in [-0.2, 0) is 0 Å². The average molecular weight is 176 g/mol. The van der Waals surface area contributed by atoms with Crippen LogP contribution in [0.4, 0.5) is 0 Å². The van der Waals surface area contributed by atoms with Gasteiger partial charge in [0.2, 0.25) is 0 Å². The van der Waals surface area contributed by atoms with Crippen molar-refractivity contribution in [2.75, 3.05) is 0 Å². The Balaban J connectivity index is 1.88. The predicted octanol–water partition coefficient (Wildman–Crippen LogP) is 2.03. The normalized spacial score (nSPS) is 51.8. The van der Waals surface area contributed by atoms with Gasteiger partial charge in [0.15, 0.2) is 6.19 Å². The van der Waals surface area contributed by atoms with Crippen molar-refractivity contribution in [3.05, 3.63) is 0 Å². The van der Waals surface area contributed by atoms with Crippen molar-refractivity contribution in [2.45, 2.75) is 44.1 Å². The molecule has 0 aliphatic heterocycles. The highest BCUT2D eigenvalue weighted by Crippen LogP contribution is 2.55. The van der Waals surface area contributed by atoms with Crippen LogP contribution in [0.3, 0.4) is 0 Å². The van der Waals surface area contributed by atoms with Gasteiger partial charge in [-0.15, -0.1) is 0 Å². The van der Waals surface area contributed by atoms with Crippen LogP contribution < -0.4 is 5.32 Å². The average Bonchev–Trinajstić information content (AvgIpc) is 2.00. The minimum atomic E-state index is 0.240. The Kier molecular flexibility index (Phi) is 1.42. The summed E-state index contributed by atoms with van der Waals surface area (Å²) in [6.07, 6.45) is 10.3. The molecule has 70 valence electrons. The molecule has 2 nitrogen and oxygen atoms in total. The van der Waals surface area contributed by atoms with E-state index >= 15 is 0 Å². The lowest BCUT2D eigenvalue weighted by Gasteiger charge is -2.56. The van der Waals surface area contributed by atoms with E-state index in [9.17, 15) is 0 Å². The molecule has 0 heterocycles. The first-order valence-electron chi connectivity index (χ1n) is 5.46. The van der Waals surface area contributed by atoms with Crippen molar-refractivity contribution in [1.29, 1.82) is 5.26 Å². The summed E-state index contributed by atoms with van der Waals surface area (Å²) in [7, 11) is 0. The largest absolute Gasteiger partial charge is 0.318 e. The molecule has 0 atom stereocenters. The summed E-state index contributed by atoms with van der Waals surface area (Å²) in [5.74, 6) is 2.81. The Morgan fingerprint density at radius 2 is 1.46 bits per heavy atom. The molecule has 0 unspecified atom stereocenters. The Morgan fingerprint density at radius 1 is 1.00 bits per heavy atom. The Hall–Kier alpha value is -0.710. The molecule has 2 heteroatoms. The summed E-state index contributed by atoms with van der Waals surface area (Å²) in [6, 6.07) is 0. The number of hydrogen-bond acceptors (Lipinski definition) is 2. The second-order valence-corrected chi connectivity index (χ2v) is 5.43. The second kappa shape index (κ2) is 2.41. The molecule has 4 saturated carbocycles. The highest BCUT2D eigenvalue weighted by Gasteiger charge is 2.50. The lowest BCUT2D eigenvalue weighted by molar-refractivity contribution is -0.0118. The molecule has 0 radical (unpaired) electrons. The van der Waals surface area contributed by atoms with E-state index in [1.807, 2.05) is 0 Å². The van der Waals surface area contributed by atoms with Crippen molar-refractivity contribution >= 4 is 0 Å². The van der Waals surface area contributed by atoms with Crippen LogP contribution >= 0.6 is 0 Å². The molecule has 13 heavy (non-hydrogen) atoms. The fourth-order valence-electron chi connectivity index (χ4n) is 4.38. The SMILES string of the molecule is N#CNC12CC3CC(CC(C3)C1)C2. The van der Waals surface area contributed by atoms with Gasteiger partial charge in [-0.05, 0) is 56.3 Å². The fraction of sp³-hybridized carbons (Fsp3) is 0.909.